The summed E-state index contributed by atoms with van der Waals surface area (Å²) < 4.78 is 51.4. The fraction of sp³-hybridized carbons (Fsp3) is 0.435. The van der Waals surface area contributed by atoms with Crippen LogP contribution in [0.2, 0.25) is 0 Å². The number of alkyl halides is 3. The zero-order valence-corrected chi connectivity index (χ0v) is 17.7. The molecule has 0 bridgehead atoms. The molecule has 32 heavy (non-hydrogen) atoms. The minimum atomic E-state index is -4.56. The van der Waals surface area contributed by atoms with Crippen molar-refractivity contribution in [1.29, 1.82) is 0 Å². The molecule has 170 valence electrons. The van der Waals surface area contributed by atoms with Gasteiger partial charge in [0.2, 0.25) is 0 Å². The van der Waals surface area contributed by atoms with E-state index in [4.69, 9.17) is 9.47 Å². The Morgan fingerprint density at radius 2 is 2.00 bits per heavy atom. The van der Waals surface area contributed by atoms with Crippen LogP contribution in [0, 0.1) is 0 Å². The molecule has 0 spiro atoms. The van der Waals surface area contributed by atoms with Crippen molar-refractivity contribution in [1.82, 2.24) is 14.7 Å². The summed E-state index contributed by atoms with van der Waals surface area (Å²) in [6, 6.07) is 12.8. The van der Waals surface area contributed by atoms with Gasteiger partial charge in [-0.1, -0.05) is 24.3 Å². The lowest BCUT2D eigenvalue weighted by Crippen LogP contribution is -2.53. The number of hydrogen-bond donors (Lipinski definition) is 1. The summed E-state index contributed by atoms with van der Waals surface area (Å²) in [4.78, 5) is 2.37. The van der Waals surface area contributed by atoms with Crippen LogP contribution in [0.15, 0.2) is 48.7 Å². The average molecular weight is 446 g/mol. The smallest absolute Gasteiger partial charge is 0.491 e. The summed E-state index contributed by atoms with van der Waals surface area (Å²) in [6.07, 6.45) is -1.31. The highest BCUT2D eigenvalue weighted by atomic mass is 19.4. The standard InChI is InChI=1S/C23H25F3N4O2/c1-31-15-6-5-11-29(12-15)20-14-32-21-10-3-2-7-16(21)22(20)27-18-8-4-9-19-17(18)13-30(28-19)23(24,25)26/h2-4,7-10,13,15,20,22,27H,5-6,11-12,14H2,1H3. The Bertz CT molecular complexity index is 1100. The first-order valence-corrected chi connectivity index (χ1v) is 10.7. The van der Waals surface area contributed by atoms with Crippen LogP contribution < -0.4 is 10.1 Å². The van der Waals surface area contributed by atoms with E-state index < -0.39 is 6.30 Å². The summed E-state index contributed by atoms with van der Waals surface area (Å²) in [5.41, 5.74) is 1.90. The number of piperidine rings is 1. The number of aromatic nitrogens is 2. The first-order chi connectivity index (χ1) is 15.4. The van der Waals surface area contributed by atoms with E-state index >= 15 is 0 Å². The fourth-order valence-corrected chi connectivity index (χ4v) is 4.76. The maximum atomic E-state index is 13.2. The molecule has 3 atom stereocenters. The summed E-state index contributed by atoms with van der Waals surface area (Å²) in [6.45, 7) is 2.20. The van der Waals surface area contributed by atoms with E-state index in [2.05, 4.69) is 15.3 Å². The van der Waals surface area contributed by atoms with Gasteiger partial charge in [-0.05, 0) is 37.6 Å². The second-order valence-corrected chi connectivity index (χ2v) is 8.31. The molecule has 0 aliphatic carbocycles. The second kappa shape index (κ2) is 8.29. The molecule has 0 saturated carbocycles. The predicted octanol–water partition coefficient (Wildman–Crippen LogP) is 4.54. The van der Waals surface area contributed by atoms with E-state index in [0.717, 1.165) is 43.4 Å². The Hall–Kier alpha value is -2.78. The van der Waals surface area contributed by atoms with Gasteiger partial charge >= 0.3 is 6.30 Å². The second-order valence-electron chi connectivity index (χ2n) is 8.31. The first-order valence-electron chi connectivity index (χ1n) is 10.7. The van der Waals surface area contributed by atoms with Crippen LogP contribution >= 0.6 is 0 Å². The van der Waals surface area contributed by atoms with Crippen molar-refractivity contribution in [3.8, 4) is 5.75 Å². The van der Waals surface area contributed by atoms with E-state index in [1.807, 2.05) is 24.3 Å². The number of rotatable bonds is 4. The normalized spacial score (nSPS) is 24.2. The van der Waals surface area contributed by atoms with Gasteiger partial charge in [0, 0.05) is 36.5 Å². The molecule has 2 aliphatic rings. The molecular formula is C23H25F3N4O2. The van der Waals surface area contributed by atoms with E-state index in [0.29, 0.717) is 23.2 Å². The Morgan fingerprint density at radius 1 is 1.16 bits per heavy atom. The molecule has 1 N–H and O–H groups in total. The number of halogens is 3. The van der Waals surface area contributed by atoms with Gasteiger partial charge < -0.3 is 14.8 Å². The Labute approximate surface area is 183 Å². The topological polar surface area (TPSA) is 51.6 Å². The first kappa shape index (κ1) is 21.1. The summed E-state index contributed by atoms with van der Waals surface area (Å²) >= 11 is 0. The minimum absolute atomic E-state index is 0.00997. The van der Waals surface area contributed by atoms with Crippen LogP contribution in [-0.4, -0.2) is 53.6 Å². The maximum absolute atomic E-state index is 13.2. The van der Waals surface area contributed by atoms with Crippen LogP contribution in [0.1, 0.15) is 24.4 Å². The van der Waals surface area contributed by atoms with Gasteiger partial charge in [-0.2, -0.15) is 9.78 Å². The predicted molar refractivity (Wildman–Crippen MR) is 115 cm³/mol. The minimum Gasteiger partial charge on any atom is -0.491 e. The molecule has 2 aliphatic heterocycles. The molecule has 0 radical (unpaired) electrons. The number of anilines is 1. The number of likely N-dealkylation sites (tertiary alicyclic amines) is 1. The molecule has 1 saturated heterocycles. The quantitative estimate of drug-likeness (QED) is 0.638. The fourth-order valence-electron chi connectivity index (χ4n) is 4.76. The molecule has 3 heterocycles. The number of benzene rings is 2. The molecule has 2 aromatic carbocycles. The summed E-state index contributed by atoms with van der Waals surface area (Å²) in [7, 11) is 1.73. The SMILES string of the molecule is COC1CCCN(C2COc3ccccc3C2Nc2cccc3nn(C(F)(F)F)cc23)C1. The summed E-state index contributed by atoms with van der Waals surface area (Å²) in [5.74, 6) is 0.791. The molecule has 3 aromatic rings. The lowest BCUT2D eigenvalue weighted by atomic mass is 9.92. The van der Waals surface area contributed by atoms with Gasteiger partial charge in [0.15, 0.2) is 0 Å². The third kappa shape index (κ3) is 3.91. The van der Waals surface area contributed by atoms with Gasteiger partial charge in [0.1, 0.15) is 12.4 Å². The Kier molecular flexibility index (Phi) is 5.46. The van der Waals surface area contributed by atoms with Crippen molar-refractivity contribution in [2.45, 2.75) is 37.3 Å². The summed E-state index contributed by atoms with van der Waals surface area (Å²) in [5, 5.41) is 7.69. The Balaban J connectivity index is 1.52. The monoisotopic (exact) mass is 446 g/mol. The largest absolute Gasteiger partial charge is 0.504 e. The van der Waals surface area contributed by atoms with E-state index in [1.165, 1.54) is 0 Å². The molecule has 9 heteroatoms. The zero-order valence-electron chi connectivity index (χ0n) is 17.7. The molecule has 0 amide bonds. The molecule has 1 fully saturated rings. The molecule has 6 nitrogen and oxygen atoms in total. The van der Waals surface area contributed by atoms with E-state index in [-0.39, 0.29) is 22.9 Å². The third-order valence-electron chi connectivity index (χ3n) is 6.38. The molecule has 5 rings (SSSR count). The van der Waals surface area contributed by atoms with E-state index in [9.17, 15) is 13.2 Å². The zero-order chi connectivity index (χ0) is 22.3. The number of fused-ring (bicyclic) bond motifs is 2. The third-order valence-corrected chi connectivity index (χ3v) is 6.38. The molecule has 3 unspecified atom stereocenters. The van der Waals surface area contributed by atoms with Crippen molar-refractivity contribution in [3.63, 3.8) is 0 Å². The van der Waals surface area contributed by atoms with Crippen LogP contribution in [0.4, 0.5) is 18.9 Å². The number of nitrogens with one attached hydrogen (secondary N) is 1. The van der Waals surface area contributed by atoms with Gasteiger partial charge in [-0.15, -0.1) is 13.2 Å². The van der Waals surface area contributed by atoms with Crippen molar-refractivity contribution in [2.75, 3.05) is 32.1 Å². The number of ether oxygens (including phenoxy) is 2. The lowest BCUT2D eigenvalue weighted by molar-refractivity contribution is -0.211. The lowest BCUT2D eigenvalue weighted by Gasteiger charge is -2.44. The van der Waals surface area contributed by atoms with Gasteiger partial charge in [-0.3, -0.25) is 4.90 Å². The highest BCUT2D eigenvalue weighted by molar-refractivity contribution is 5.91. The van der Waals surface area contributed by atoms with Crippen molar-refractivity contribution in [3.05, 3.63) is 54.2 Å². The number of para-hydroxylation sites is 1. The number of methoxy groups -OCH3 is 1. The highest BCUT2D eigenvalue weighted by Gasteiger charge is 2.38. The molecular weight excluding hydrogens is 421 g/mol. The number of nitrogens with zero attached hydrogens (tertiary/aromatic N) is 3. The molecule has 1 aromatic heterocycles. The maximum Gasteiger partial charge on any atom is 0.504 e. The van der Waals surface area contributed by atoms with Crippen LogP contribution in [0.25, 0.3) is 10.9 Å². The highest BCUT2D eigenvalue weighted by Crippen LogP contribution is 2.39. The van der Waals surface area contributed by atoms with E-state index in [1.54, 1.807) is 25.3 Å². The van der Waals surface area contributed by atoms with Crippen molar-refractivity contribution >= 4 is 16.6 Å². The Morgan fingerprint density at radius 3 is 2.81 bits per heavy atom. The van der Waals surface area contributed by atoms with Crippen LogP contribution in [-0.2, 0) is 11.0 Å². The van der Waals surface area contributed by atoms with Gasteiger partial charge in [0.25, 0.3) is 0 Å². The van der Waals surface area contributed by atoms with Gasteiger partial charge in [-0.25, -0.2) is 0 Å². The average Bonchev–Trinajstić information content (AvgIpc) is 3.25. The van der Waals surface area contributed by atoms with Gasteiger partial charge in [0.05, 0.1) is 23.7 Å². The van der Waals surface area contributed by atoms with Crippen LogP contribution in [0.3, 0.4) is 0 Å². The van der Waals surface area contributed by atoms with Crippen LogP contribution in [0.5, 0.6) is 5.75 Å². The number of hydrogen-bond acceptors (Lipinski definition) is 5. The van der Waals surface area contributed by atoms with Crippen molar-refractivity contribution in [2.24, 2.45) is 0 Å². The van der Waals surface area contributed by atoms with Crippen molar-refractivity contribution < 1.29 is 22.6 Å².